The van der Waals surface area contributed by atoms with E-state index in [1.807, 2.05) is 25.3 Å². The second kappa shape index (κ2) is 18.4. The molecule has 0 bridgehead atoms. The third kappa shape index (κ3) is 7.47. The molecule has 344 valence electrons. The highest BCUT2D eigenvalue weighted by atomic mass is 15.0. The average Bonchev–Trinajstić information content (AvgIpc) is 4.10. The van der Waals surface area contributed by atoms with Gasteiger partial charge in [0.05, 0.1) is 34.0 Å². The smallest absolute Gasteiger partial charge is 0.0637 e. The molecule has 1 atom stereocenters. The van der Waals surface area contributed by atoms with E-state index >= 15 is 0 Å². The number of para-hydroxylation sites is 3. The van der Waals surface area contributed by atoms with Crippen LogP contribution < -0.4 is 16.3 Å². The second-order valence-electron chi connectivity index (χ2n) is 18.1. The number of benzene rings is 7. The highest BCUT2D eigenvalue weighted by Gasteiger charge is 2.19. The molecule has 7 nitrogen and oxygen atoms in total. The summed E-state index contributed by atoms with van der Waals surface area (Å²) in [5, 5.41) is 24.7. The van der Waals surface area contributed by atoms with Gasteiger partial charge in [-0.2, -0.15) is 0 Å². The number of nitrogens with zero attached hydrogens (tertiary/aromatic N) is 4. The van der Waals surface area contributed by atoms with Crippen LogP contribution in [-0.4, -0.2) is 30.7 Å². The summed E-state index contributed by atoms with van der Waals surface area (Å²) in [5.41, 5.74) is 21.5. The van der Waals surface area contributed by atoms with Crippen LogP contribution in [0.4, 0.5) is 0 Å². The zero-order valence-corrected chi connectivity index (χ0v) is 39.8. The SMILES string of the molecule is C=C/C=C(\C=N)n1c(/C=C\N)c(C)c2cc(-c3ccc4c(c3)c3ccccc3n4-c3ccccc3)ccc21.C=c1/c(=C\C=N)n(C)c2ccc(-c3ccc4c(c3)c3ccccc3n4C3C=CC=CC3)cc12. The summed E-state index contributed by atoms with van der Waals surface area (Å²) in [6.45, 7) is 10.2. The largest absolute Gasteiger partial charge is 0.405 e. The zero-order chi connectivity index (χ0) is 48.8. The standard InChI is InChI=1S/C34H28N4.C30H25N3/c1-3-9-27(22-36)38-31(18-19-35)23(2)29-20-24(14-16-33(29)38)25-15-17-34-30(21-25)28-12-7-8-13-32(28)37(34)26-10-5-4-6-11-26;1-20-25-18-21(12-14-28(25)32(2)27(20)16-17-31)22-13-15-30-26(19-22)24-10-6-7-11-29(24)33(30)23-8-4-3-5-9-23/h3-22,36H,1,35H2,2H3;3-8,10-19,23,31H,1,9H2,2H3/b19-18-,27-9+,36-22?;27-16+,31-17?. The van der Waals surface area contributed by atoms with Crippen molar-refractivity contribution in [1.29, 1.82) is 10.8 Å². The maximum Gasteiger partial charge on any atom is 0.0637 e. The Morgan fingerprint density at radius 3 is 1.85 bits per heavy atom. The minimum atomic E-state index is 0.334. The zero-order valence-electron chi connectivity index (χ0n) is 39.8. The van der Waals surface area contributed by atoms with Crippen LogP contribution in [0.3, 0.4) is 0 Å². The summed E-state index contributed by atoms with van der Waals surface area (Å²) in [6, 6.07) is 54.8. The first-order valence-electron chi connectivity index (χ1n) is 23.9. The monoisotopic (exact) mass is 919 g/mol. The van der Waals surface area contributed by atoms with E-state index < -0.39 is 0 Å². The van der Waals surface area contributed by atoms with Gasteiger partial charge in [0.25, 0.3) is 0 Å². The van der Waals surface area contributed by atoms with Crippen LogP contribution in [0.1, 0.15) is 23.7 Å². The lowest BCUT2D eigenvalue weighted by atomic mass is 10.0. The van der Waals surface area contributed by atoms with Crippen molar-refractivity contribution in [2.24, 2.45) is 12.8 Å². The van der Waals surface area contributed by atoms with Gasteiger partial charge >= 0.3 is 0 Å². The number of fused-ring (bicyclic) bond motifs is 8. The van der Waals surface area contributed by atoms with Crippen molar-refractivity contribution in [3.05, 3.63) is 223 Å². The molecule has 1 aliphatic rings. The average molecular weight is 920 g/mol. The Kier molecular flexibility index (Phi) is 11.5. The van der Waals surface area contributed by atoms with Crippen LogP contribution in [0, 0.1) is 17.7 Å². The Balaban J connectivity index is 0.000000155. The van der Waals surface area contributed by atoms with Crippen LogP contribution in [-0.2, 0) is 7.05 Å². The Bertz CT molecular complexity index is 4200. The molecule has 11 aromatic rings. The van der Waals surface area contributed by atoms with Crippen LogP contribution in [0.2, 0.25) is 0 Å². The van der Waals surface area contributed by atoms with Gasteiger partial charge in [-0.3, -0.25) is 0 Å². The van der Waals surface area contributed by atoms with Gasteiger partial charge in [-0.15, -0.1) is 0 Å². The third-order valence-corrected chi connectivity index (χ3v) is 14.2. The molecule has 4 N–H and O–H groups in total. The minimum absolute atomic E-state index is 0.334. The molecule has 0 spiro atoms. The molecule has 0 saturated carbocycles. The van der Waals surface area contributed by atoms with Crippen molar-refractivity contribution in [2.45, 2.75) is 19.4 Å². The van der Waals surface area contributed by atoms with Crippen molar-refractivity contribution in [3.63, 3.8) is 0 Å². The number of aromatic nitrogens is 4. The first-order chi connectivity index (χ1) is 34.8. The summed E-state index contributed by atoms with van der Waals surface area (Å²) in [7, 11) is 2.03. The van der Waals surface area contributed by atoms with Crippen molar-refractivity contribution in [3.8, 4) is 27.9 Å². The molecular formula is C64H53N7. The maximum atomic E-state index is 7.98. The topological polar surface area (TPSA) is 93.4 Å². The van der Waals surface area contributed by atoms with E-state index in [9.17, 15) is 0 Å². The number of rotatable bonds is 9. The molecule has 0 fully saturated rings. The van der Waals surface area contributed by atoms with E-state index in [0.29, 0.717) is 6.04 Å². The summed E-state index contributed by atoms with van der Waals surface area (Å²) in [5.74, 6) is 0. The molecule has 0 aliphatic heterocycles. The molecule has 0 radical (unpaired) electrons. The van der Waals surface area contributed by atoms with Crippen LogP contribution >= 0.6 is 0 Å². The maximum absolute atomic E-state index is 7.98. The predicted octanol–water partition coefficient (Wildman–Crippen LogP) is 14.2. The Morgan fingerprint density at radius 1 is 0.634 bits per heavy atom. The van der Waals surface area contributed by atoms with Gasteiger partial charge in [0.15, 0.2) is 0 Å². The number of nitrogens with two attached hydrogens (primary N) is 1. The van der Waals surface area contributed by atoms with E-state index in [1.165, 1.54) is 67.2 Å². The summed E-state index contributed by atoms with van der Waals surface area (Å²) in [6.07, 6.45) is 21.3. The van der Waals surface area contributed by atoms with Gasteiger partial charge in [0.1, 0.15) is 0 Å². The van der Waals surface area contributed by atoms with E-state index in [1.54, 1.807) is 18.4 Å². The fraction of sp³-hybridized carbons (Fsp3) is 0.0625. The van der Waals surface area contributed by atoms with Gasteiger partial charge in [-0.1, -0.05) is 122 Å². The Labute approximate surface area is 412 Å². The molecular weight excluding hydrogens is 867 g/mol. The fourth-order valence-corrected chi connectivity index (χ4v) is 10.8. The lowest BCUT2D eigenvalue weighted by Crippen LogP contribution is -2.26. The second-order valence-corrected chi connectivity index (χ2v) is 18.1. The molecule has 0 saturated heterocycles. The molecule has 1 unspecified atom stereocenters. The summed E-state index contributed by atoms with van der Waals surface area (Å²) in [4.78, 5) is 0. The first kappa shape index (κ1) is 44.3. The van der Waals surface area contributed by atoms with Gasteiger partial charge < -0.3 is 34.8 Å². The Hall–Kier alpha value is -9.20. The summed E-state index contributed by atoms with van der Waals surface area (Å²) < 4.78 is 8.97. The van der Waals surface area contributed by atoms with Gasteiger partial charge in [-0.05, 0) is 138 Å². The normalized spacial score (nSPS) is 14.1. The van der Waals surface area contributed by atoms with E-state index in [-0.39, 0.29) is 0 Å². The molecule has 12 rings (SSSR count). The number of nitrogens with one attached hydrogen (secondary N) is 2. The minimum Gasteiger partial charge on any atom is -0.405 e. The van der Waals surface area contributed by atoms with Crippen LogP contribution in [0.15, 0.2) is 201 Å². The molecule has 1 aliphatic carbocycles. The van der Waals surface area contributed by atoms with Gasteiger partial charge in [-0.25, -0.2) is 0 Å². The highest BCUT2D eigenvalue weighted by Crippen LogP contribution is 2.39. The van der Waals surface area contributed by atoms with E-state index in [0.717, 1.165) is 72.6 Å². The molecule has 0 amide bonds. The number of allylic oxidation sites excluding steroid dienone is 7. The quantitative estimate of drug-likeness (QED) is 0.0976. The molecule has 4 heterocycles. The summed E-state index contributed by atoms with van der Waals surface area (Å²) >= 11 is 0. The lowest BCUT2D eigenvalue weighted by Gasteiger charge is -2.18. The number of hydrogen-bond donors (Lipinski definition) is 3. The molecule has 4 aromatic heterocycles. The third-order valence-electron chi connectivity index (χ3n) is 14.2. The van der Waals surface area contributed by atoms with E-state index in [2.05, 4.69) is 208 Å². The van der Waals surface area contributed by atoms with E-state index in [4.69, 9.17) is 16.6 Å². The van der Waals surface area contributed by atoms with Gasteiger partial charge in [0.2, 0.25) is 0 Å². The predicted molar refractivity (Wildman–Crippen MR) is 304 cm³/mol. The first-order valence-corrected chi connectivity index (χ1v) is 23.9. The lowest BCUT2D eigenvalue weighted by molar-refractivity contribution is 0.648. The number of hydrogen-bond acceptors (Lipinski definition) is 3. The molecule has 71 heavy (non-hydrogen) atoms. The number of aryl methyl sites for hydroxylation is 2. The van der Waals surface area contributed by atoms with Crippen molar-refractivity contribution in [2.75, 3.05) is 0 Å². The molecule has 7 aromatic carbocycles. The van der Waals surface area contributed by atoms with Crippen molar-refractivity contribution >= 4 is 102 Å². The molecule has 7 heteroatoms. The van der Waals surface area contributed by atoms with Crippen LogP contribution in [0.25, 0.3) is 118 Å². The fourth-order valence-electron chi connectivity index (χ4n) is 10.8. The Morgan fingerprint density at radius 2 is 1.20 bits per heavy atom. The van der Waals surface area contributed by atoms with Crippen LogP contribution in [0.5, 0.6) is 0 Å². The van der Waals surface area contributed by atoms with Crippen molar-refractivity contribution < 1.29 is 0 Å². The van der Waals surface area contributed by atoms with Crippen molar-refractivity contribution in [1.82, 2.24) is 18.3 Å². The highest BCUT2D eigenvalue weighted by molar-refractivity contribution is 6.12. The van der Waals surface area contributed by atoms with Gasteiger partial charge in [0, 0.05) is 84.6 Å².